The second-order valence-corrected chi connectivity index (χ2v) is 6.44. The Morgan fingerprint density at radius 2 is 1.90 bits per heavy atom. The standard InChI is InChI=1S/C17H25N3O/c1-12-11-15(9-10-19(12)3)20-13(2)18-16(17(20)21)14-7-5-4-6-8-14/h4-8,12-13,15-16,18H,9-11H2,1-3H3. The van der Waals surface area contributed by atoms with Crippen LogP contribution >= 0.6 is 0 Å². The van der Waals surface area contributed by atoms with Gasteiger partial charge >= 0.3 is 0 Å². The summed E-state index contributed by atoms with van der Waals surface area (Å²) in [6.45, 7) is 5.42. The number of rotatable bonds is 2. The van der Waals surface area contributed by atoms with Gasteiger partial charge in [-0.15, -0.1) is 0 Å². The van der Waals surface area contributed by atoms with E-state index in [1.54, 1.807) is 0 Å². The first-order valence-corrected chi connectivity index (χ1v) is 7.91. The second kappa shape index (κ2) is 5.78. The number of hydrogen-bond acceptors (Lipinski definition) is 3. The zero-order chi connectivity index (χ0) is 15.0. The molecule has 4 atom stereocenters. The number of hydrogen-bond donors (Lipinski definition) is 1. The highest BCUT2D eigenvalue weighted by molar-refractivity contribution is 5.86. The number of benzene rings is 1. The highest BCUT2D eigenvalue weighted by Crippen LogP contribution is 2.30. The van der Waals surface area contributed by atoms with E-state index in [1.807, 2.05) is 30.3 Å². The van der Waals surface area contributed by atoms with Crippen LogP contribution < -0.4 is 5.32 Å². The van der Waals surface area contributed by atoms with Crippen molar-refractivity contribution in [2.45, 2.75) is 51.0 Å². The number of nitrogens with one attached hydrogen (secondary N) is 1. The Hall–Kier alpha value is -1.39. The van der Waals surface area contributed by atoms with Crippen LogP contribution in [-0.4, -0.2) is 47.5 Å². The van der Waals surface area contributed by atoms with Gasteiger partial charge in [-0.1, -0.05) is 30.3 Å². The maximum Gasteiger partial charge on any atom is 0.245 e. The van der Waals surface area contributed by atoms with E-state index in [9.17, 15) is 4.79 Å². The molecular formula is C17H25N3O. The van der Waals surface area contributed by atoms with Gasteiger partial charge in [0.2, 0.25) is 5.91 Å². The highest BCUT2D eigenvalue weighted by atomic mass is 16.2. The summed E-state index contributed by atoms with van der Waals surface area (Å²) in [4.78, 5) is 17.3. The molecule has 2 fully saturated rings. The lowest BCUT2D eigenvalue weighted by atomic mass is 9.96. The van der Waals surface area contributed by atoms with Crippen molar-refractivity contribution in [2.75, 3.05) is 13.6 Å². The monoisotopic (exact) mass is 287 g/mol. The zero-order valence-corrected chi connectivity index (χ0v) is 13.1. The summed E-state index contributed by atoms with van der Waals surface area (Å²) >= 11 is 0. The van der Waals surface area contributed by atoms with E-state index < -0.39 is 0 Å². The van der Waals surface area contributed by atoms with Crippen molar-refractivity contribution >= 4 is 5.91 Å². The van der Waals surface area contributed by atoms with E-state index in [0.29, 0.717) is 12.1 Å². The van der Waals surface area contributed by atoms with E-state index in [-0.39, 0.29) is 18.1 Å². The average Bonchev–Trinajstić information content (AvgIpc) is 2.78. The summed E-state index contributed by atoms with van der Waals surface area (Å²) in [7, 11) is 2.17. The molecule has 114 valence electrons. The molecule has 0 spiro atoms. The third-order valence-electron chi connectivity index (χ3n) is 5.03. The zero-order valence-electron chi connectivity index (χ0n) is 13.1. The lowest BCUT2D eigenvalue weighted by molar-refractivity contribution is -0.133. The van der Waals surface area contributed by atoms with Gasteiger partial charge in [-0.2, -0.15) is 0 Å². The maximum absolute atomic E-state index is 12.9. The fourth-order valence-electron chi connectivity index (χ4n) is 3.63. The molecule has 0 aromatic heterocycles. The number of carbonyl (C=O) groups is 1. The fraction of sp³-hybridized carbons (Fsp3) is 0.588. The molecule has 21 heavy (non-hydrogen) atoms. The molecule has 1 N–H and O–H groups in total. The van der Waals surface area contributed by atoms with Crippen molar-refractivity contribution in [3.8, 4) is 0 Å². The largest absolute Gasteiger partial charge is 0.323 e. The number of piperidine rings is 1. The lowest BCUT2D eigenvalue weighted by Gasteiger charge is -2.40. The summed E-state index contributed by atoms with van der Waals surface area (Å²) in [5, 5.41) is 3.46. The Morgan fingerprint density at radius 3 is 2.57 bits per heavy atom. The highest BCUT2D eigenvalue weighted by Gasteiger charge is 2.42. The van der Waals surface area contributed by atoms with E-state index in [0.717, 1.165) is 24.9 Å². The molecule has 1 aromatic rings. The molecule has 4 nitrogen and oxygen atoms in total. The normalized spacial score (nSPS) is 34.4. The third-order valence-corrected chi connectivity index (χ3v) is 5.03. The van der Waals surface area contributed by atoms with Gasteiger partial charge < -0.3 is 9.80 Å². The Bertz CT molecular complexity index is 504. The Labute approximate surface area is 127 Å². The molecule has 1 amide bonds. The van der Waals surface area contributed by atoms with Crippen LogP contribution in [0.1, 0.15) is 38.3 Å². The van der Waals surface area contributed by atoms with E-state index in [1.165, 1.54) is 0 Å². The van der Waals surface area contributed by atoms with Crippen LogP contribution in [0.15, 0.2) is 30.3 Å². The van der Waals surface area contributed by atoms with Gasteiger partial charge in [0.1, 0.15) is 6.04 Å². The van der Waals surface area contributed by atoms with Crippen molar-refractivity contribution in [3.05, 3.63) is 35.9 Å². The molecule has 2 saturated heterocycles. The average molecular weight is 287 g/mol. The van der Waals surface area contributed by atoms with Crippen molar-refractivity contribution in [2.24, 2.45) is 0 Å². The van der Waals surface area contributed by atoms with Crippen molar-refractivity contribution in [1.82, 2.24) is 15.1 Å². The van der Waals surface area contributed by atoms with Gasteiger partial charge in [0.05, 0.1) is 6.17 Å². The topological polar surface area (TPSA) is 35.6 Å². The van der Waals surface area contributed by atoms with E-state index in [4.69, 9.17) is 0 Å². The predicted octanol–water partition coefficient (Wildman–Crippen LogP) is 1.99. The van der Waals surface area contributed by atoms with Gasteiger partial charge in [0, 0.05) is 18.6 Å². The van der Waals surface area contributed by atoms with Gasteiger partial charge in [-0.05, 0) is 39.3 Å². The number of carbonyl (C=O) groups excluding carboxylic acids is 1. The molecule has 3 rings (SSSR count). The maximum atomic E-state index is 12.9. The lowest BCUT2D eigenvalue weighted by Crippen LogP contribution is -2.51. The summed E-state index contributed by atoms with van der Waals surface area (Å²) in [6, 6.07) is 10.8. The Balaban J connectivity index is 1.77. The SMILES string of the molecule is CC1CC(N2C(=O)C(c3ccccc3)NC2C)CCN1C. The van der Waals surface area contributed by atoms with Crippen LogP contribution in [0.25, 0.3) is 0 Å². The van der Waals surface area contributed by atoms with Gasteiger partial charge in [0.25, 0.3) is 0 Å². The molecule has 4 unspecified atom stereocenters. The van der Waals surface area contributed by atoms with Gasteiger partial charge in [-0.3, -0.25) is 10.1 Å². The first-order chi connectivity index (χ1) is 10.1. The van der Waals surface area contributed by atoms with E-state index in [2.05, 4.69) is 36.0 Å². The van der Waals surface area contributed by atoms with Crippen LogP contribution in [0.3, 0.4) is 0 Å². The van der Waals surface area contributed by atoms with Crippen LogP contribution in [0.2, 0.25) is 0 Å². The number of amides is 1. The minimum Gasteiger partial charge on any atom is -0.323 e. The Kier molecular flexibility index (Phi) is 4.00. The fourth-order valence-corrected chi connectivity index (χ4v) is 3.63. The van der Waals surface area contributed by atoms with Crippen LogP contribution in [0.5, 0.6) is 0 Å². The molecule has 2 heterocycles. The first kappa shape index (κ1) is 14.5. The predicted molar refractivity (Wildman–Crippen MR) is 83.7 cm³/mol. The summed E-state index contributed by atoms with van der Waals surface area (Å²) in [6.07, 6.45) is 2.25. The third kappa shape index (κ3) is 2.70. The molecule has 0 saturated carbocycles. The molecule has 4 heteroatoms. The van der Waals surface area contributed by atoms with Gasteiger partial charge in [0.15, 0.2) is 0 Å². The Morgan fingerprint density at radius 1 is 1.19 bits per heavy atom. The van der Waals surface area contributed by atoms with E-state index >= 15 is 0 Å². The molecule has 0 bridgehead atoms. The van der Waals surface area contributed by atoms with Crippen molar-refractivity contribution in [1.29, 1.82) is 0 Å². The number of nitrogens with zero attached hydrogens (tertiary/aromatic N) is 2. The molecule has 2 aliphatic rings. The quantitative estimate of drug-likeness (QED) is 0.903. The molecule has 0 radical (unpaired) electrons. The molecular weight excluding hydrogens is 262 g/mol. The smallest absolute Gasteiger partial charge is 0.245 e. The minimum absolute atomic E-state index is 0.114. The second-order valence-electron chi connectivity index (χ2n) is 6.44. The molecule has 0 aliphatic carbocycles. The first-order valence-electron chi connectivity index (χ1n) is 7.91. The molecule has 1 aromatic carbocycles. The van der Waals surface area contributed by atoms with Crippen LogP contribution in [0, 0.1) is 0 Å². The van der Waals surface area contributed by atoms with Crippen LogP contribution in [0.4, 0.5) is 0 Å². The molecule has 2 aliphatic heterocycles. The van der Waals surface area contributed by atoms with Crippen molar-refractivity contribution < 1.29 is 4.79 Å². The van der Waals surface area contributed by atoms with Crippen molar-refractivity contribution in [3.63, 3.8) is 0 Å². The summed E-state index contributed by atoms with van der Waals surface area (Å²) < 4.78 is 0. The number of likely N-dealkylation sites (tertiary alicyclic amines) is 1. The minimum atomic E-state index is -0.184. The summed E-state index contributed by atoms with van der Waals surface area (Å²) in [5.41, 5.74) is 1.07. The van der Waals surface area contributed by atoms with Gasteiger partial charge in [-0.25, -0.2) is 0 Å². The van der Waals surface area contributed by atoms with Crippen LogP contribution in [-0.2, 0) is 4.79 Å². The summed E-state index contributed by atoms with van der Waals surface area (Å²) in [5.74, 6) is 0.232.